The van der Waals surface area contributed by atoms with Crippen LogP contribution in [0.25, 0.3) is 22.3 Å². The molecule has 6 aromatic carbocycles. The zero-order valence-corrected chi connectivity index (χ0v) is 32.1. The van der Waals surface area contributed by atoms with Crippen molar-refractivity contribution in [3.63, 3.8) is 0 Å². The first-order valence-corrected chi connectivity index (χ1v) is 21.7. The quantitative estimate of drug-likeness (QED) is 0.180. The predicted molar refractivity (Wildman–Crippen MR) is 181 cm³/mol. The van der Waals surface area contributed by atoms with Crippen molar-refractivity contribution in [1.29, 1.82) is 0 Å². The van der Waals surface area contributed by atoms with Crippen molar-refractivity contribution in [1.82, 2.24) is 0 Å². The summed E-state index contributed by atoms with van der Waals surface area (Å²) in [5, 5.41) is 3.07. The maximum absolute atomic E-state index is 2.26. The first-order chi connectivity index (χ1) is 20.5. The van der Waals surface area contributed by atoms with Gasteiger partial charge in [0.05, 0.1) is 0 Å². The van der Waals surface area contributed by atoms with Gasteiger partial charge in [-0.2, -0.15) is 12.1 Å². The molecule has 6 aromatic rings. The fourth-order valence-electron chi connectivity index (χ4n) is 4.88. The minimum atomic E-state index is -0.406. The second-order valence-electron chi connectivity index (χ2n) is 10.5. The number of rotatable bonds is 6. The molecule has 6 rings (SSSR count). The summed E-state index contributed by atoms with van der Waals surface area (Å²) in [4.78, 5) is 0. The topological polar surface area (TPSA) is 0 Å². The van der Waals surface area contributed by atoms with Gasteiger partial charge in [-0.05, 0) is 12.8 Å². The molecule has 0 aliphatic rings. The van der Waals surface area contributed by atoms with Gasteiger partial charge in [-0.1, -0.05) is 74.2 Å². The molecule has 0 spiro atoms. The standard InChI is InChI=1S/2C14H15.C12H10Si.2ClH.Hf/c2*1-3-12-7-9-13(10-8-12)14-6-4-5-11(14)2;1-3-7-11(8-4-1)13-12-9-5-2-6-10-12;;;/h2*4-10H,3H2,1-2H3;1-10H;2*1H;/q2*-1;;;;+2/p-2. The van der Waals surface area contributed by atoms with Crippen LogP contribution in [0.5, 0.6) is 0 Å². The van der Waals surface area contributed by atoms with Crippen LogP contribution >= 0.6 is 0 Å². The molecule has 0 heterocycles. The molecule has 0 nitrogen and oxygen atoms in total. The number of halogens is 2. The van der Waals surface area contributed by atoms with Crippen molar-refractivity contribution >= 4 is 15.9 Å². The van der Waals surface area contributed by atoms with Crippen LogP contribution in [-0.2, 0) is 35.8 Å². The van der Waals surface area contributed by atoms with E-state index in [2.05, 4.69) is 173 Å². The van der Waals surface area contributed by atoms with E-state index < -0.39 is 5.49 Å². The molecule has 224 valence electrons. The van der Waals surface area contributed by atoms with E-state index in [0.29, 0.717) is 0 Å². The second kappa shape index (κ2) is 19.6. The van der Waals surface area contributed by atoms with Crippen molar-refractivity contribution < 1.29 is 47.8 Å². The molecule has 44 heavy (non-hydrogen) atoms. The van der Waals surface area contributed by atoms with Crippen LogP contribution in [0.4, 0.5) is 0 Å². The molecular weight excluding hydrogens is 758 g/mol. The van der Waals surface area contributed by atoms with Gasteiger partial charge in [-0.3, -0.25) is 0 Å². The molecule has 0 aromatic heterocycles. The van der Waals surface area contributed by atoms with E-state index in [1.54, 1.807) is 0 Å². The Kier molecular flexibility index (Phi) is 16.7. The zero-order chi connectivity index (χ0) is 29.7. The first kappa shape index (κ1) is 37.4. The molecular formula is C40H40Cl2HfSi-2. The Morgan fingerprint density at radius 2 is 0.818 bits per heavy atom. The van der Waals surface area contributed by atoms with Gasteiger partial charge in [-0.25, -0.2) is 0 Å². The molecule has 0 aliphatic heterocycles. The third-order valence-corrected chi connectivity index (χ3v) is 15.6. The number of aryl methyl sites for hydroxylation is 4. The molecule has 0 saturated heterocycles. The normalized spacial score (nSPS) is 9.77. The monoisotopic (exact) mass is 798 g/mol. The summed E-state index contributed by atoms with van der Waals surface area (Å²) in [6.07, 6.45) is 2.22. The van der Waals surface area contributed by atoms with Crippen molar-refractivity contribution in [3.8, 4) is 22.3 Å². The summed E-state index contributed by atoms with van der Waals surface area (Å²) in [7, 11) is 0. The molecule has 0 aliphatic carbocycles. The average molecular weight is 798 g/mol. The van der Waals surface area contributed by atoms with Crippen molar-refractivity contribution in [2.75, 3.05) is 0 Å². The second-order valence-corrected chi connectivity index (χ2v) is 17.7. The van der Waals surface area contributed by atoms with E-state index >= 15 is 0 Å². The third kappa shape index (κ3) is 10.7. The van der Waals surface area contributed by atoms with Crippen LogP contribution in [-0.4, -0.2) is 5.49 Å². The molecule has 0 radical (unpaired) electrons. The van der Waals surface area contributed by atoms with E-state index in [1.807, 2.05) is 0 Å². The summed E-state index contributed by atoms with van der Waals surface area (Å²) >= 11 is 1.27. The van der Waals surface area contributed by atoms with Gasteiger partial charge in [0, 0.05) is 0 Å². The fraction of sp³-hybridized carbons (Fsp3) is 0.150. The number of hydrogen-bond donors (Lipinski definition) is 0. The number of benzene rings is 4. The Bertz CT molecular complexity index is 1520. The Morgan fingerprint density at radius 3 is 1.09 bits per heavy atom. The molecule has 0 fully saturated rings. The van der Waals surface area contributed by atoms with Crippen LogP contribution in [0.15, 0.2) is 146 Å². The SMILES string of the molecule is CCc1ccc(-[c-]2cccc2C)cc1.CCc1ccc(-[c-]2cccc2C)cc1.[Cl-].[Cl-].[Hf+2]=[Si](c1ccccc1)c1ccccc1. The molecule has 0 N–H and O–H groups in total. The fourth-order valence-corrected chi connectivity index (χ4v) is 9.86. The molecule has 0 atom stereocenters. The van der Waals surface area contributed by atoms with Crippen LogP contribution in [0.2, 0.25) is 0 Å². The van der Waals surface area contributed by atoms with Crippen LogP contribution in [0.1, 0.15) is 36.1 Å². The Morgan fingerprint density at radius 1 is 0.477 bits per heavy atom. The zero-order valence-electron chi connectivity index (χ0n) is 26.0. The van der Waals surface area contributed by atoms with Gasteiger partial charge >= 0.3 is 99.5 Å². The minimum absolute atomic E-state index is 0. The Labute approximate surface area is 292 Å². The summed E-state index contributed by atoms with van der Waals surface area (Å²) in [5.74, 6) is 0. The van der Waals surface area contributed by atoms with E-state index in [-0.39, 0.29) is 24.8 Å². The van der Waals surface area contributed by atoms with E-state index in [4.69, 9.17) is 0 Å². The van der Waals surface area contributed by atoms with Crippen molar-refractivity contribution in [2.45, 2.75) is 40.5 Å². The van der Waals surface area contributed by atoms with Crippen LogP contribution < -0.4 is 35.2 Å². The van der Waals surface area contributed by atoms with Gasteiger partial charge in [0.2, 0.25) is 0 Å². The average Bonchev–Trinajstić information content (AvgIpc) is 3.70. The molecule has 0 bridgehead atoms. The van der Waals surface area contributed by atoms with Crippen LogP contribution in [0.3, 0.4) is 0 Å². The van der Waals surface area contributed by atoms with Gasteiger partial charge < -0.3 is 24.8 Å². The summed E-state index contributed by atoms with van der Waals surface area (Å²) in [6, 6.07) is 52.3. The molecule has 0 unspecified atom stereocenters. The summed E-state index contributed by atoms with van der Waals surface area (Å²) < 4.78 is 0. The maximum atomic E-state index is 2.26. The van der Waals surface area contributed by atoms with E-state index in [9.17, 15) is 0 Å². The Balaban J connectivity index is 0.000000225. The van der Waals surface area contributed by atoms with Gasteiger partial charge in [0.25, 0.3) is 0 Å². The molecule has 0 amide bonds. The first-order valence-electron chi connectivity index (χ1n) is 14.8. The summed E-state index contributed by atoms with van der Waals surface area (Å²) in [6.45, 7) is 8.68. The summed E-state index contributed by atoms with van der Waals surface area (Å²) in [5.41, 5.74) is 10.5. The van der Waals surface area contributed by atoms with Gasteiger partial charge in [0.15, 0.2) is 0 Å². The van der Waals surface area contributed by atoms with Crippen molar-refractivity contribution in [2.24, 2.45) is 0 Å². The van der Waals surface area contributed by atoms with Crippen LogP contribution in [0, 0.1) is 13.8 Å². The van der Waals surface area contributed by atoms with Gasteiger partial charge in [0.1, 0.15) is 0 Å². The predicted octanol–water partition coefficient (Wildman–Crippen LogP) is 3.23. The van der Waals surface area contributed by atoms with E-state index in [1.165, 1.54) is 77.9 Å². The molecule has 4 heteroatoms. The third-order valence-electron chi connectivity index (χ3n) is 7.54. The van der Waals surface area contributed by atoms with E-state index in [0.717, 1.165) is 12.8 Å². The Hall–Kier alpha value is -2.75. The number of hydrogen-bond acceptors (Lipinski definition) is 0. The molecule has 0 saturated carbocycles. The van der Waals surface area contributed by atoms with Gasteiger partial charge in [-0.15, -0.1) is 70.8 Å². The van der Waals surface area contributed by atoms with Crippen molar-refractivity contribution in [3.05, 3.63) is 168 Å².